The number of aromatic nitrogens is 2. The van der Waals surface area contributed by atoms with Gasteiger partial charge in [-0.25, -0.2) is 9.37 Å². The van der Waals surface area contributed by atoms with Crippen molar-refractivity contribution >= 4 is 23.4 Å². The molecular formula is C22H20F4N2O2. The largest absolute Gasteiger partial charge is 0.446 e. The third-order valence-electron chi connectivity index (χ3n) is 4.61. The van der Waals surface area contributed by atoms with Crippen LogP contribution >= 0.6 is 0 Å². The summed E-state index contributed by atoms with van der Waals surface area (Å²) in [5.41, 5.74) is 3.27. The number of hydrogen-bond acceptors (Lipinski definition) is 3. The maximum atomic E-state index is 14.0. The smallest absolute Gasteiger partial charge is 0.381 e. The fourth-order valence-electron chi connectivity index (χ4n) is 3.11. The molecule has 1 fully saturated rings. The zero-order chi connectivity index (χ0) is 21.6. The van der Waals surface area contributed by atoms with Crippen molar-refractivity contribution in [3.05, 3.63) is 60.2 Å². The highest BCUT2D eigenvalue weighted by Gasteiger charge is 2.24. The number of fused-ring (bicyclic) bond motifs is 1. The predicted octanol–water partition coefficient (Wildman–Crippen LogP) is 5.56. The Morgan fingerprint density at radius 3 is 2.47 bits per heavy atom. The van der Waals surface area contributed by atoms with Crippen molar-refractivity contribution in [1.82, 2.24) is 9.97 Å². The van der Waals surface area contributed by atoms with Crippen LogP contribution < -0.4 is 0 Å². The first-order valence-corrected chi connectivity index (χ1v) is 9.39. The lowest BCUT2D eigenvalue weighted by Crippen LogP contribution is -2.13. The Labute approximate surface area is 170 Å². The van der Waals surface area contributed by atoms with Gasteiger partial charge in [0.2, 0.25) is 6.29 Å². The number of aldehydes is 1. The number of rotatable bonds is 3. The number of imidazole rings is 1. The summed E-state index contributed by atoms with van der Waals surface area (Å²) < 4.78 is 50.6. The lowest BCUT2D eigenvalue weighted by atomic mass is 10.00. The summed E-state index contributed by atoms with van der Waals surface area (Å²) >= 11 is 0. The van der Waals surface area contributed by atoms with Crippen molar-refractivity contribution in [2.24, 2.45) is 5.92 Å². The van der Waals surface area contributed by atoms with Gasteiger partial charge in [-0.1, -0.05) is 30.3 Å². The first-order chi connectivity index (χ1) is 14.4. The van der Waals surface area contributed by atoms with Gasteiger partial charge in [-0.3, -0.25) is 4.79 Å². The van der Waals surface area contributed by atoms with Gasteiger partial charge >= 0.3 is 6.18 Å². The summed E-state index contributed by atoms with van der Waals surface area (Å²) in [5.74, 6) is 1.18. The van der Waals surface area contributed by atoms with Crippen LogP contribution in [0.4, 0.5) is 17.6 Å². The molecule has 30 heavy (non-hydrogen) atoms. The second kappa shape index (κ2) is 9.67. The monoisotopic (exact) mass is 420 g/mol. The number of carbonyl (C=O) groups is 1. The zero-order valence-corrected chi connectivity index (χ0v) is 16.0. The summed E-state index contributed by atoms with van der Waals surface area (Å²) in [6.45, 7) is 1.67. The van der Waals surface area contributed by atoms with Gasteiger partial charge in [0, 0.05) is 18.8 Å². The molecular weight excluding hydrogens is 400 g/mol. The van der Waals surface area contributed by atoms with E-state index < -0.39 is 12.5 Å². The minimum atomic E-state index is -4.64. The van der Waals surface area contributed by atoms with E-state index in [0.29, 0.717) is 11.5 Å². The molecule has 1 aliphatic heterocycles. The van der Waals surface area contributed by atoms with Crippen molar-refractivity contribution in [2.45, 2.75) is 19.0 Å². The number of benzene rings is 2. The molecule has 0 radical (unpaired) electrons. The summed E-state index contributed by atoms with van der Waals surface area (Å²) in [7, 11) is 0. The molecule has 1 aliphatic rings. The summed E-state index contributed by atoms with van der Waals surface area (Å²) in [5, 5.41) is 0. The molecule has 2 aromatic carbocycles. The van der Waals surface area contributed by atoms with Crippen LogP contribution in [0, 0.1) is 11.7 Å². The van der Waals surface area contributed by atoms with E-state index in [-0.39, 0.29) is 5.82 Å². The first-order valence-electron chi connectivity index (χ1n) is 9.39. The van der Waals surface area contributed by atoms with Crippen LogP contribution in [0.1, 0.15) is 18.7 Å². The molecule has 0 unspecified atom stereocenters. The van der Waals surface area contributed by atoms with Crippen molar-refractivity contribution in [3.63, 3.8) is 0 Å². The Bertz CT molecular complexity index is 1020. The van der Waals surface area contributed by atoms with Gasteiger partial charge in [-0.15, -0.1) is 0 Å². The van der Waals surface area contributed by atoms with Crippen LogP contribution in [0.5, 0.6) is 0 Å². The van der Waals surface area contributed by atoms with E-state index in [0.717, 1.165) is 48.5 Å². The van der Waals surface area contributed by atoms with E-state index in [1.165, 1.54) is 6.07 Å². The molecule has 0 aliphatic carbocycles. The van der Waals surface area contributed by atoms with Gasteiger partial charge in [0.15, 0.2) is 0 Å². The molecule has 0 amide bonds. The van der Waals surface area contributed by atoms with Gasteiger partial charge < -0.3 is 9.72 Å². The van der Waals surface area contributed by atoms with Crippen LogP contribution in [-0.2, 0) is 9.53 Å². The maximum absolute atomic E-state index is 14.0. The van der Waals surface area contributed by atoms with Gasteiger partial charge in [0.1, 0.15) is 11.6 Å². The van der Waals surface area contributed by atoms with Crippen molar-refractivity contribution in [3.8, 4) is 11.1 Å². The van der Waals surface area contributed by atoms with Crippen molar-refractivity contribution in [1.29, 1.82) is 0 Å². The highest BCUT2D eigenvalue weighted by molar-refractivity contribution is 5.83. The molecule has 1 aromatic heterocycles. The van der Waals surface area contributed by atoms with E-state index >= 15 is 0 Å². The third-order valence-corrected chi connectivity index (χ3v) is 4.61. The Hall–Kier alpha value is -3.00. The zero-order valence-electron chi connectivity index (χ0n) is 16.0. The number of alkyl halides is 3. The number of halogens is 4. The SMILES string of the molecule is Fc1ccccc1-c1ccc2nc(/C=C/C3CCOCC3)[nH]c2c1.O=CC(F)(F)F. The molecule has 4 nitrogen and oxygen atoms in total. The van der Waals surface area contributed by atoms with Crippen molar-refractivity contribution in [2.75, 3.05) is 13.2 Å². The van der Waals surface area contributed by atoms with Crippen LogP contribution in [0.2, 0.25) is 0 Å². The molecule has 2 heterocycles. The fourth-order valence-corrected chi connectivity index (χ4v) is 3.11. The van der Waals surface area contributed by atoms with E-state index in [1.54, 1.807) is 12.1 Å². The van der Waals surface area contributed by atoms with Crippen LogP contribution in [-0.4, -0.2) is 35.6 Å². The van der Waals surface area contributed by atoms with Crippen molar-refractivity contribution < 1.29 is 27.1 Å². The number of aromatic amines is 1. The topological polar surface area (TPSA) is 55.0 Å². The fraction of sp³-hybridized carbons (Fsp3) is 0.273. The molecule has 3 aromatic rings. The van der Waals surface area contributed by atoms with Crippen LogP contribution in [0.3, 0.4) is 0 Å². The second-order valence-electron chi connectivity index (χ2n) is 6.80. The summed E-state index contributed by atoms with van der Waals surface area (Å²) in [4.78, 5) is 16.6. The molecule has 0 atom stereocenters. The minimum absolute atomic E-state index is 0.212. The Kier molecular flexibility index (Phi) is 6.99. The van der Waals surface area contributed by atoms with Crippen LogP contribution in [0.25, 0.3) is 28.2 Å². The molecule has 158 valence electrons. The Balaban J connectivity index is 0.000000377. The molecule has 4 rings (SSSR count). The Morgan fingerprint density at radius 1 is 1.10 bits per heavy atom. The number of nitrogens with zero attached hydrogens (tertiary/aromatic N) is 1. The lowest BCUT2D eigenvalue weighted by Gasteiger charge is -2.18. The van der Waals surface area contributed by atoms with Gasteiger partial charge in [-0.05, 0) is 48.6 Å². The molecule has 0 spiro atoms. The number of allylic oxidation sites excluding steroid dienone is 1. The molecule has 8 heteroatoms. The average Bonchev–Trinajstić information content (AvgIpc) is 3.15. The van der Waals surface area contributed by atoms with Gasteiger partial charge in [0.05, 0.1) is 11.0 Å². The number of nitrogens with one attached hydrogen (secondary N) is 1. The first kappa shape index (κ1) is 21.7. The summed E-state index contributed by atoms with van der Waals surface area (Å²) in [6, 6.07) is 12.6. The predicted molar refractivity (Wildman–Crippen MR) is 106 cm³/mol. The molecule has 0 bridgehead atoms. The summed E-state index contributed by atoms with van der Waals surface area (Å²) in [6.07, 6.45) is 0.673. The maximum Gasteiger partial charge on any atom is 0.446 e. The van der Waals surface area contributed by atoms with Gasteiger partial charge in [-0.2, -0.15) is 13.2 Å². The molecule has 1 N–H and O–H groups in total. The molecule has 0 saturated carbocycles. The number of H-pyrrole nitrogens is 1. The normalized spacial score (nSPS) is 15.2. The second-order valence-corrected chi connectivity index (χ2v) is 6.80. The van der Waals surface area contributed by atoms with E-state index in [4.69, 9.17) is 9.53 Å². The minimum Gasteiger partial charge on any atom is -0.381 e. The highest BCUT2D eigenvalue weighted by Crippen LogP contribution is 2.26. The number of hydrogen-bond donors (Lipinski definition) is 1. The van der Waals surface area contributed by atoms with E-state index in [9.17, 15) is 17.6 Å². The lowest BCUT2D eigenvalue weighted by molar-refractivity contribution is -0.156. The highest BCUT2D eigenvalue weighted by atomic mass is 19.4. The number of ether oxygens (including phenoxy) is 1. The van der Waals surface area contributed by atoms with Gasteiger partial charge in [0.25, 0.3) is 0 Å². The third kappa shape index (κ3) is 6.00. The van der Waals surface area contributed by atoms with E-state index in [1.807, 2.05) is 30.3 Å². The van der Waals surface area contributed by atoms with E-state index in [2.05, 4.69) is 16.0 Å². The van der Waals surface area contributed by atoms with Crippen LogP contribution in [0.15, 0.2) is 48.5 Å². The standard InChI is InChI=1S/C20H19FN2O.C2HF3O/c21-17-4-2-1-3-16(17)15-6-7-18-19(13-15)23-20(22-18)8-5-14-9-11-24-12-10-14;3-2(4,5)1-6/h1-8,13-14H,9-12H2,(H,22,23);1H/b8-5+;. The average molecular weight is 420 g/mol. The quantitative estimate of drug-likeness (QED) is 0.446. The molecule has 1 saturated heterocycles. The number of carbonyl (C=O) groups excluding carboxylic acids is 1. The Morgan fingerprint density at radius 2 is 1.80 bits per heavy atom.